The Morgan fingerprint density at radius 1 is 1.19 bits per heavy atom. The highest BCUT2D eigenvalue weighted by Crippen LogP contribution is 2.40. The van der Waals surface area contributed by atoms with Crippen LogP contribution in [0.25, 0.3) is 0 Å². The van der Waals surface area contributed by atoms with Gasteiger partial charge < -0.3 is 4.90 Å². The molecule has 27 heavy (non-hydrogen) atoms. The lowest BCUT2D eigenvalue weighted by Gasteiger charge is -2.25. The van der Waals surface area contributed by atoms with E-state index in [1.807, 2.05) is 29.2 Å². The predicted molar refractivity (Wildman–Crippen MR) is 110 cm³/mol. The highest BCUT2D eigenvalue weighted by atomic mass is 35.5. The topological polar surface area (TPSA) is 66.8 Å². The molecule has 8 heteroatoms. The maximum atomic E-state index is 12.7. The molecule has 1 aliphatic carbocycles. The van der Waals surface area contributed by atoms with Crippen LogP contribution in [-0.2, 0) is 21.2 Å². The highest BCUT2D eigenvalue weighted by Gasteiger charge is 2.49. The van der Waals surface area contributed by atoms with E-state index in [4.69, 9.17) is 11.6 Å². The first kappa shape index (κ1) is 19.3. The van der Waals surface area contributed by atoms with Crippen LogP contribution >= 0.6 is 23.4 Å². The van der Waals surface area contributed by atoms with E-state index >= 15 is 0 Å². The molecule has 2 saturated heterocycles. The number of aliphatic imine (C=N–C) groups is 1. The van der Waals surface area contributed by atoms with Crippen molar-refractivity contribution < 1.29 is 13.2 Å². The summed E-state index contributed by atoms with van der Waals surface area (Å²) in [6.45, 7) is 0.472. The second-order valence-electron chi connectivity index (χ2n) is 7.59. The summed E-state index contributed by atoms with van der Waals surface area (Å²) in [5, 5.41) is 1.25. The zero-order valence-corrected chi connectivity index (χ0v) is 17.4. The number of halogens is 1. The smallest absolute Gasteiger partial charge is 0.251 e. The summed E-state index contributed by atoms with van der Waals surface area (Å²) in [4.78, 5) is 19.1. The Bertz CT molecular complexity index is 865. The monoisotopic (exact) mass is 426 g/mol. The van der Waals surface area contributed by atoms with Crippen molar-refractivity contribution in [2.24, 2.45) is 10.9 Å². The lowest BCUT2D eigenvalue weighted by Crippen LogP contribution is -2.37. The molecule has 3 aliphatic rings. The first-order valence-corrected chi connectivity index (χ1v) is 12.5. The third-order valence-corrected chi connectivity index (χ3v) is 9.25. The van der Waals surface area contributed by atoms with Crippen molar-refractivity contribution >= 4 is 44.3 Å². The number of carbonyl (C=O) groups excluding carboxylic acids is 1. The van der Waals surface area contributed by atoms with Crippen LogP contribution in [0.5, 0.6) is 0 Å². The van der Waals surface area contributed by atoms with Gasteiger partial charge >= 0.3 is 0 Å². The lowest BCUT2D eigenvalue weighted by atomic mass is 9.89. The van der Waals surface area contributed by atoms with Gasteiger partial charge in [-0.1, -0.05) is 60.8 Å². The van der Waals surface area contributed by atoms with E-state index in [2.05, 4.69) is 4.99 Å². The first-order valence-electron chi connectivity index (χ1n) is 9.42. The molecule has 146 valence electrons. The van der Waals surface area contributed by atoms with Crippen LogP contribution in [0.15, 0.2) is 29.3 Å². The molecule has 4 rings (SSSR count). The second-order valence-corrected chi connectivity index (χ2v) is 11.4. The molecule has 1 aromatic carbocycles. The van der Waals surface area contributed by atoms with Gasteiger partial charge in [-0.3, -0.25) is 4.79 Å². The molecule has 0 spiro atoms. The summed E-state index contributed by atoms with van der Waals surface area (Å²) < 4.78 is 24.2. The second kappa shape index (κ2) is 7.76. The quantitative estimate of drug-likeness (QED) is 0.739. The summed E-state index contributed by atoms with van der Waals surface area (Å²) in [6.07, 6.45) is 5.18. The molecule has 1 amide bonds. The van der Waals surface area contributed by atoms with E-state index in [1.165, 1.54) is 18.2 Å². The van der Waals surface area contributed by atoms with E-state index in [9.17, 15) is 13.2 Å². The maximum Gasteiger partial charge on any atom is 0.251 e. The molecule has 0 N–H and O–H groups in total. The van der Waals surface area contributed by atoms with Gasteiger partial charge in [0.2, 0.25) is 0 Å². The molecule has 0 aromatic heterocycles. The molecule has 3 fully saturated rings. The third kappa shape index (κ3) is 4.20. The number of thioether (sulfide) groups is 1. The van der Waals surface area contributed by atoms with E-state index in [1.54, 1.807) is 0 Å². The molecular formula is C19H23ClN2O3S2. The van der Waals surface area contributed by atoms with E-state index in [0.717, 1.165) is 31.2 Å². The van der Waals surface area contributed by atoms with Gasteiger partial charge in [-0.15, -0.1) is 0 Å². The van der Waals surface area contributed by atoms with Crippen molar-refractivity contribution in [2.75, 3.05) is 11.5 Å². The Kier molecular flexibility index (Phi) is 5.54. The van der Waals surface area contributed by atoms with Gasteiger partial charge in [-0.05, 0) is 24.5 Å². The zero-order valence-electron chi connectivity index (χ0n) is 15.0. The van der Waals surface area contributed by atoms with Gasteiger partial charge in [0.1, 0.15) is 0 Å². The summed E-state index contributed by atoms with van der Waals surface area (Å²) in [7, 11) is -3.05. The van der Waals surface area contributed by atoms with Gasteiger partial charge in [0, 0.05) is 22.7 Å². The minimum Gasteiger partial charge on any atom is -0.342 e. The number of nitrogens with zero attached hydrogens (tertiary/aromatic N) is 2. The summed E-state index contributed by atoms with van der Waals surface area (Å²) in [5.41, 5.74) is 0.919. The van der Waals surface area contributed by atoms with Crippen molar-refractivity contribution in [3.8, 4) is 0 Å². The molecular weight excluding hydrogens is 404 g/mol. The molecule has 2 unspecified atom stereocenters. The average Bonchev–Trinajstić information content (AvgIpc) is 3.10. The Morgan fingerprint density at radius 3 is 2.67 bits per heavy atom. The van der Waals surface area contributed by atoms with E-state index < -0.39 is 9.84 Å². The van der Waals surface area contributed by atoms with Crippen molar-refractivity contribution in [2.45, 2.75) is 49.9 Å². The van der Waals surface area contributed by atoms with Crippen molar-refractivity contribution in [1.29, 1.82) is 0 Å². The Labute approximate surface area is 169 Å². The Hall–Kier alpha value is -1.05. The maximum absolute atomic E-state index is 12.7. The SMILES string of the molecule is O=C(N=C1SC2CS(=O)(=O)CC2N1Cc1ccccc1Cl)C1CCCCC1. The minimum absolute atomic E-state index is 0.0122. The summed E-state index contributed by atoms with van der Waals surface area (Å²) >= 11 is 7.76. The number of hydrogen-bond acceptors (Lipinski definition) is 4. The largest absolute Gasteiger partial charge is 0.342 e. The summed E-state index contributed by atoms with van der Waals surface area (Å²) in [5.74, 6) is 0.228. The molecule has 0 radical (unpaired) electrons. The number of sulfone groups is 1. The molecule has 5 nitrogen and oxygen atoms in total. The van der Waals surface area contributed by atoms with Crippen LogP contribution in [0.1, 0.15) is 37.7 Å². The third-order valence-electron chi connectivity index (χ3n) is 5.63. The van der Waals surface area contributed by atoms with E-state index in [-0.39, 0.29) is 34.6 Å². The fourth-order valence-electron chi connectivity index (χ4n) is 4.17. The molecule has 2 heterocycles. The number of amidine groups is 1. The van der Waals surface area contributed by atoms with Gasteiger partial charge in [0.15, 0.2) is 15.0 Å². The minimum atomic E-state index is -3.05. The number of fused-ring (bicyclic) bond motifs is 1. The number of amides is 1. The highest BCUT2D eigenvalue weighted by molar-refractivity contribution is 8.15. The van der Waals surface area contributed by atoms with Crippen LogP contribution in [-0.4, -0.2) is 47.2 Å². The molecule has 1 aromatic rings. The van der Waals surface area contributed by atoms with Gasteiger partial charge in [-0.2, -0.15) is 4.99 Å². The van der Waals surface area contributed by atoms with Crippen molar-refractivity contribution in [3.63, 3.8) is 0 Å². The Balaban J connectivity index is 1.60. The predicted octanol–water partition coefficient (Wildman–Crippen LogP) is 3.52. The van der Waals surface area contributed by atoms with Crippen LogP contribution in [0.3, 0.4) is 0 Å². The number of carbonyl (C=O) groups is 1. The molecule has 0 bridgehead atoms. The Morgan fingerprint density at radius 2 is 1.93 bits per heavy atom. The molecule has 1 saturated carbocycles. The van der Waals surface area contributed by atoms with Crippen LogP contribution in [0, 0.1) is 5.92 Å². The lowest BCUT2D eigenvalue weighted by molar-refractivity contribution is -0.122. The zero-order chi connectivity index (χ0) is 19.0. The number of hydrogen-bond donors (Lipinski definition) is 0. The summed E-state index contributed by atoms with van der Waals surface area (Å²) in [6, 6.07) is 7.40. The number of rotatable bonds is 3. The normalized spacial score (nSPS) is 29.2. The fourth-order valence-corrected chi connectivity index (χ4v) is 8.32. The van der Waals surface area contributed by atoms with Gasteiger partial charge in [-0.25, -0.2) is 8.42 Å². The van der Waals surface area contributed by atoms with Crippen LogP contribution < -0.4 is 0 Å². The van der Waals surface area contributed by atoms with Crippen LogP contribution in [0.2, 0.25) is 5.02 Å². The molecule has 2 atom stereocenters. The number of benzene rings is 1. The fraction of sp³-hybridized carbons (Fsp3) is 0.579. The first-order chi connectivity index (χ1) is 12.9. The van der Waals surface area contributed by atoms with Gasteiger partial charge in [0.25, 0.3) is 5.91 Å². The molecule has 2 aliphatic heterocycles. The van der Waals surface area contributed by atoms with Crippen LogP contribution in [0.4, 0.5) is 0 Å². The van der Waals surface area contributed by atoms with Crippen molar-refractivity contribution in [3.05, 3.63) is 34.9 Å². The average molecular weight is 427 g/mol. The van der Waals surface area contributed by atoms with Crippen molar-refractivity contribution in [1.82, 2.24) is 4.90 Å². The standard InChI is InChI=1S/C19H23ClN2O3S2/c20-15-9-5-4-8-14(15)10-22-16-11-27(24,25)12-17(16)26-19(22)21-18(23)13-6-2-1-3-7-13/h4-5,8-9,13,16-17H,1-3,6-7,10-12H2. The van der Waals surface area contributed by atoms with Gasteiger partial charge in [0.05, 0.1) is 17.5 Å². The van der Waals surface area contributed by atoms with E-state index in [0.29, 0.717) is 16.7 Å².